The maximum Gasteiger partial charge on any atom is 0.146 e. The van der Waals surface area contributed by atoms with Gasteiger partial charge in [0.2, 0.25) is 0 Å². The van der Waals surface area contributed by atoms with Crippen molar-refractivity contribution in [1.29, 1.82) is 0 Å². The van der Waals surface area contributed by atoms with Crippen LogP contribution in [0.2, 0.25) is 0 Å². The van der Waals surface area contributed by atoms with E-state index < -0.39 is 0 Å². The molecule has 1 nitrogen and oxygen atoms in total. The maximum absolute atomic E-state index is 13.8. The van der Waals surface area contributed by atoms with E-state index in [1.165, 1.54) is 38.5 Å². The lowest BCUT2D eigenvalue weighted by molar-refractivity contribution is 0.522. The second kappa shape index (κ2) is 9.79. The molecule has 0 unspecified atom stereocenters. The molecule has 1 rings (SSSR count). The first-order valence-corrected chi connectivity index (χ1v) is 8.20. The Hall–Kier alpha value is -1.05. The molecule has 0 heterocycles. The van der Waals surface area contributed by atoms with Gasteiger partial charge in [0.1, 0.15) is 5.82 Å². The molecule has 0 amide bonds. The molecule has 0 saturated heterocycles. The normalized spacial score (nSPS) is 11.1. The summed E-state index contributed by atoms with van der Waals surface area (Å²) in [6.45, 7) is 6.45. The molecule has 1 aromatic carbocycles. The zero-order valence-corrected chi connectivity index (χ0v) is 13.3. The van der Waals surface area contributed by atoms with E-state index >= 15 is 0 Å². The van der Waals surface area contributed by atoms with Crippen LogP contribution in [-0.2, 0) is 0 Å². The van der Waals surface area contributed by atoms with Crippen LogP contribution in [0.4, 0.5) is 10.1 Å². The van der Waals surface area contributed by atoms with Crippen molar-refractivity contribution in [3.05, 3.63) is 29.6 Å². The number of hydrogen-bond donors (Lipinski definition) is 1. The van der Waals surface area contributed by atoms with Gasteiger partial charge in [-0.05, 0) is 37.5 Å². The summed E-state index contributed by atoms with van der Waals surface area (Å²) in [7, 11) is 0. The van der Waals surface area contributed by atoms with Gasteiger partial charge in [-0.2, -0.15) is 0 Å². The fraction of sp³-hybridized carbons (Fsp3) is 0.667. The van der Waals surface area contributed by atoms with Crippen LogP contribution in [-0.4, -0.2) is 6.04 Å². The highest BCUT2D eigenvalue weighted by Crippen LogP contribution is 2.21. The summed E-state index contributed by atoms with van der Waals surface area (Å²) in [6.07, 6.45) is 9.75. The molecule has 0 fully saturated rings. The molecule has 20 heavy (non-hydrogen) atoms. The van der Waals surface area contributed by atoms with E-state index in [1.54, 1.807) is 6.07 Å². The van der Waals surface area contributed by atoms with Crippen molar-refractivity contribution in [2.45, 2.75) is 78.2 Å². The summed E-state index contributed by atoms with van der Waals surface area (Å²) < 4.78 is 13.8. The van der Waals surface area contributed by atoms with E-state index in [0.29, 0.717) is 11.7 Å². The number of rotatable bonds is 10. The Kier molecular flexibility index (Phi) is 8.32. The Bertz CT molecular complexity index is 366. The number of benzene rings is 1. The Labute approximate surface area is 124 Å². The standard InChI is InChI=1S/C18H30FN/c1-4-6-8-10-16(11-9-7-5-2)20-18-14-15(3)12-13-17(18)19/h12-14,16,20H,4-11H2,1-3H3. The smallest absolute Gasteiger partial charge is 0.146 e. The molecule has 114 valence electrons. The quantitative estimate of drug-likeness (QED) is 0.512. The van der Waals surface area contributed by atoms with E-state index in [1.807, 2.05) is 19.1 Å². The number of aryl methyl sites for hydroxylation is 1. The molecule has 0 aromatic heterocycles. The van der Waals surface area contributed by atoms with Crippen LogP contribution in [0.25, 0.3) is 0 Å². The molecular weight excluding hydrogens is 249 g/mol. The number of unbranched alkanes of at least 4 members (excludes halogenated alkanes) is 4. The molecule has 2 heteroatoms. The lowest BCUT2D eigenvalue weighted by Crippen LogP contribution is -2.20. The van der Waals surface area contributed by atoms with E-state index in [2.05, 4.69) is 19.2 Å². The van der Waals surface area contributed by atoms with Crippen LogP contribution in [0.3, 0.4) is 0 Å². The van der Waals surface area contributed by atoms with Crippen molar-refractivity contribution < 1.29 is 4.39 Å². The summed E-state index contributed by atoms with van der Waals surface area (Å²) in [4.78, 5) is 0. The number of hydrogen-bond acceptors (Lipinski definition) is 1. The molecule has 0 bridgehead atoms. The van der Waals surface area contributed by atoms with Gasteiger partial charge in [0.15, 0.2) is 0 Å². The van der Waals surface area contributed by atoms with Gasteiger partial charge in [0.25, 0.3) is 0 Å². The third kappa shape index (κ3) is 6.40. The SMILES string of the molecule is CCCCCC(CCCCC)Nc1cc(C)ccc1F. The number of halogens is 1. The Morgan fingerprint density at radius 2 is 1.60 bits per heavy atom. The summed E-state index contributed by atoms with van der Waals surface area (Å²) in [5.74, 6) is -0.133. The minimum atomic E-state index is -0.133. The highest BCUT2D eigenvalue weighted by molar-refractivity contribution is 5.47. The average Bonchev–Trinajstić information content (AvgIpc) is 2.43. The minimum absolute atomic E-state index is 0.133. The summed E-state index contributed by atoms with van der Waals surface area (Å²) in [5.41, 5.74) is 1.78. The molecular formula is C18H30FN. The second-order valence-corrected chi connectivity index (χ2v) is 5.82. The largest absolute Gasteiger partial charge is 0.380 e. The van der Waals surface area contributed by atoms with Gasteiger partial charge in [0.05, 0.1) is 5.69 Å². The Morgan fingerprint density at radius 3 is 2.15 bits per heavy atom. The van der Waals surface area contributed by atoms with Crippen molar-refractivity contribution in [2.75, 3.05) is 5.32 Å². The average molecular weight is 279 g/mol. The highest BCUT2D eigenvalue weighted by Gasteiger charge is 2.11. The molecule has 1 N–H and O–H groups in total. The van der Waals surface area contributed by atoms with Gasteiger partial charge in [-0.15, -0.1) is 0 Å². The van der Waals surface area contributed by atoms with Crippen LogP contribution in [0, 0.1) is 12.7 Å². The van der Waals surface area contributed by atoms with E-state index in [9.17, 15) is 4.39 Å². The summed E-state index contributed by atoms with van der Waals surface area (Å²) >= 11 is 0. The fourth-order valence-corrected chi connectivity index (χ4v) is 2.54. The third-order valence-electron chi connectivity index (χ3n) is 3.79. The van der Waals surface area contributed by atoms with Crippen LogP contribution in [0.5, 0.6) is 0 Å². The van der Waals surface area contributed by atoms with Crippen molar-refractivity contribution in [2.24, 2.45) is 0 Å². The zero-order valence-electron chi connectivity index (χ0n) is 13.3. The summed E-state index contributed by atoms with van der Waals surface area (Å²) in [5, 5.41) is 3.43. The van der Waals surface area contributed by atoms with Gasteiger partial charge in [-0.1, -0.05) is 58.4 Å². The molecule has 0 aliphatic heterocycles. The number of anilines is 1. The van der Waals surface area contributed by atoms with Gasteiger partial charge in [0, 0.05) is 6.04 Å². The lowest BCUT2D eigenvalue weighted by atomic mass is 10.0. The molecule has 0 aliphatic rings. The topological polar surface area (TPSA) is 12.0 Å². The molecule has 0 spiro atoms. The molecule has 1 aromatic rings. The van der Waals surface area contributed by atoms with Crippen molar-refractivity contribution in [3.63, 3.8) is 0 Å². The van der Waals surface area contributed by atoms with Crippen LogP contribution in [0.15, 0.2) is 18.2 Å². The first-order valence-electron chi connectivity index (χ1n) is 8.20. The predicted octanol–water partition coefficient (Wildman–Crippen LogP) is 6.08. The van der Waals surface area contributed by atoms with Crippen LogP contribution in [0.1, 0.15) is 70.8 Å². The van der Waals surface area contributed by atoms with E-state index in [4.69, 9.17) is 0 Å². The third-order valence-corrected chi connectivity index (χ3v) is 3.79. The van der Waals surface area contributed by atoms with Crippen LogP contribution >= 0.6 is 0 Å². The van der Waals surface area contributed by atoms with Gasteiger partial charge in [-0.3, -0.25) is 0 Å². The van der Waals surface area contributed by atoms with Crippen molar-refractivity contribution in [3.8, 4) is 0 Å². The molecule has 0 saturated carbocycles. The zero-order chi connectivity index (χ0) is 14.8. The maximum atomic E-state index is 13.8. The molecule has 0 atom stereocenters. The Morgan fingerprint density at radius 1 is 1.00 bits per heavy atom. The summed E-state index contributed by atoms with van der Waals surface area (Å²) in [6, 6.07) is 5.71. The van der Waals surface area contributed by atoms with Crippen LogP contribution < -0.4 is 5.32 Å². The molecule has 0 aliphatic carbocycles. The van der Waals surface area contributed by atoms with Crippen molar-refractivity contribution >= 4 is 5.69 Å². The highest BCUT2D eigenvalue weighted by atomic mass is 19.1. The Balaban J connectivity index is 2.58. The van der Waals surface area contributed by atoms with Gasteiger partial charge in [-0.25, -0.2) is 4.39 Å². The first-order chi connectivity index (χ1) is 9.67. The first kappa shape index (κ1) is 17.0. The molecule has 0 radical (unpaired) electrons. The van der Waals surface area contributed by atoms with Gasteiger partial charge < -0.3 is 5.32 Å². The fourth-order valence-electron chi connectivity index (χ4n) is 2.54. The number of nitrogens with one attached hydrogen (secondary N) is 1. The monoisotopic (exact) mass is 279 g/mol. The predicted molar refractivity (Wildman–Crippen MR) is 86.8 cm³/mol. The lowest BCUT2D eigenvalue weighted by Gasteiger charge is -2.20. The van der Waals surface area contributed by atoms with Gasteiger partial charge >= 0.3 is 0 Å². The van der Waals surface area contributed by atoms with Crippen molar-refractivity contribution in [1.82, 2.24) is 0 Å². The van der Waals surface area contributed by atoms with E-state index in [0.717, 1.165) is 18.4 Å². The second-order valence-electron chi connectivity index (χ2n) is 5.82. The minimum Gasteiger partial charge on any atom is -0.380 e. The van der Waals surface area contributed by atoms with E-state index in [-0.39, 0.29) is 5.82 Å².